The molecule has 0 unspecified atom stereocenters. The average molecular weight is 476 g/mol. The number of nitrogens with zero attached hydrogens (tertiary/aromatic N) is 1. The lowest BCUT2D eigenvalue weighted by Gasteiger charge is -2.08. The number of carbonyl (C=O) groups excluding carboxylic acids is 1. The standard InChI is InChI=1S/C21H16BrClN2O4/c1-3-7-28-20-16(22)8-13(9-17(20)23)12-24-25-21(26)19-11-14-10-15(27-4-2)5-6-18(14)29-19/h1,5-6,8-12H,4,7H2,2H3,(H,25,26)/b24-12+. The maximum absolute atomic E-state index is 12.3. The Balaban J connectivity index is 1.69. The van der Waals surface area contributed by atoms with Gasteiger partial charge in [0, 0.05) is 5.39 Å². The average Bonchev–Trinajstić information content (AvgIpc) is 3.11. The van der Waals surface area contributed by atoms with Gasteiger partial charge in [0.25, 0.3) is 0 Å². The number of furan rings is 1. The van der Waals surface area contributed by atoms with E-state index in [2.05, 4.69) is 32.4 Å². The van der Waals surface area contributed by atoms with Gasteiger partial charge in [0.05, 0.1) is 22.3 Å². The number of halogens is 2. The molecule has 8 heteroatoms. The highest BCUT2D eigenvalue weighted by Gasteiger charge is 2.13. The summed E-state index contributed by atoms with van der Waals surface area (Å²) in [7, 11) is 0. The summed E-state index contributed by atoms with van der Waals surface area (Å²) < 4.78 is 17.0. The Labute approximate surface area is 180 Å². The Kier molecular flexibility index (Phi) is 6.81. The van der Waals surface area contributed by atoms with Crippen LogP contribution in [-0.2, 0) is 0 Å². The van der Waals surface area contributed by atoms with Crippen LogP contribution >= 0.6 is 27.5 Å². The van der Waals surface area contributed by atoms with Crippen molar-refractivity contribution in [2.45, 2.75) is 6.92 Å². The van der Waals surface area contributed by atoms with Crippen LogP contribution in [0.2, 0.25) is 5.02 Å². The summed E-state index contributed by atoms with van der Waals surface area (Å²) in [4.78, 5) is 12.3. The second kappa shape index (κ2) is 9.50. The zero-order chi connectivity index (χ0) is 20.8. The normalized spacial score (nSPS) is 10.8. The molecule has 3 rings (SSSR count). The van der Waals surface area contributed by atoms with E-state index in [9.17, 15) is 4.79 Å². The molecule has 0 saturated carbocycles. The third-order valence-electron chi connectivity index (χ3n) is 3.72. The molecule has 1 heterocycles. The summed E-state index contributed by atoms with van der Waals surface area (Å²) in [5.41, 5.74) is 3.66. The Bertz CT molecular complexity index is 1090. The lowest BCUT2D eigenvalue weighted by atomic mass is 10.2. The van der Waals surface area contributed by atoms with Crippen LogP contribution < -0.4 is 14.9 Å². The summed E-state index contributed by atoms with van der Waals surface area (Å²) in [6, 6.07) is 10.4. The van der Waals surface area contributed by atoms with Crippen LogP contribution in [0.4, 0.5) is 0 Å². The van der Waals surface area contributed by atoms with Crippen LogP contribution in [0.1, 0.15) is 23.0 Å². The first kappa shape index (κ1) is 20.8. The molecule has 148 valence electrons. The molecule has 0 fully saturated rings. The lowest BCUT2D eigenvalue weighted by Crippen LogP contribution is -2.16. The number of hydrogen-bond acceptors (Lipinski definition) is 5. The van der Waals surface area contributed by atoms with Crippen molar-refractivity contribution >= 4 is 50.6 Å². The van der Waals surface area contributed by atoms with Crippen LogP contribution in [0.25, 0.3) is 11.0 Å². The van der Waals surface area contributed by atoms with Crippen LogP contribution in [0.3, 0.4) is 0 Å². The lowest BCUT2D eigenvalue weighted by molar-refractivity contribution is 0.0929. The van der Waals surface area contributed by atoms with Gasteiger partial charge in [-0.05, 0) is 64.8 Å². The smallest absolute Gasteiger partial charge is 0.307 e. The minimum atomic E-state index is -0.477. The summed E-state index contributed by atoms with van der Waals surface area (Å²) in [6.45, 7) is 2.56. The van der Waals surface area contributed by atoms with Gasteiger partial charge in [-0.15, -0.1) is 6.42 Å². The molecule has 0 aliphatic heterocycles. The van der Waals surface area contributed by atoms with Crippen LogP contribution in [-0.4, -0.2) is 25.3 Å². The number of carbonyl (C=O) groups is 1. The molecule has 0 aliphatic rings. The van der Waals surface area contributed by atoms with E-state index in [1.165, 1.54) is 6.21 Å². The van der Waals surface area contributed by atoms with Crippen molar-refractivity contribution in [1.29, 1.82) is 0 Å². The maximum Gasteiger partial charge on any atom is 0.307 e. The molecule has 0 atom stereocenters. The van der Waals surface area contributed by atoms with Gasteiger partial charge < -0.3 is 13.9 Å². The van der Waals surface area contributed by atoms with Crippen LogP contribution in [0.15, 0.2) is 50.4 Å². The molecule has 1 N–H and O–H groups in total. The quantitative estimate of drug-likeness (QED) is 0.296. The highest BCUT2D eigenvalue weighted by Crippen LogP contribution is 2.34. The first-order chi connectivity index (χ1) is 14.0. The molecular weight excluding hydrogens is 460 g/mol. The van der Waals surface area contributed by atoms with E-state index >= 15 is 0 Å². The van der Waals surface area contributed by atoms with Gasteiger partial charge in [-0.1, -0.05) is 17.5 Å². The third-order valence-corrected chi connectivity index (χ3v) is 4.59. The van der Waals surface area contributed by atoms with Gasteiger partial charge in [-0.3, -0.25) is 4.79 Å². The minimum Gasteiger partial charge on any atom is -0.494 e. The maximum atomic E-state index is 12.3. The Morgan fingerprint density at radius 2 is 2.17 bits per heavy atom. The molecule has 0 spiro atoms. The molecular formula is C21H16BrClN2O4. The van der Waals surface area contributed by atoms with Gasteiger partial charge in [-0.25, -0.2) is 5.43 Å². The molecule has 0 aliphatic carbocycles. The van der Waals surface area contributed by atoms with E-state index in [1.807, 2.05) is 13.0 Å². The minimum absolute atomic E-state index is 0.103. The van der Waals surface area contributed by atoms with Gasteiger partial charge in [0.15, 0.2) is 11.5 Å². The molecule has 1 aromatic heterocycles. The van der Waals surface area contributed by atoms with E-state index in [0.717, 1.165) is 5.39 Å². The monoisotopic (exact) mass is 474 g/mol. The molecule has 6 nitrogen and oxygen atoms in total. The number of hydrazone groups is 1. The van der Waals surface area contributed by atoms with Crippen molar-refractivity contribution in [3.63, 3.8) is 0 Å². The van der Waals surface area contributed by atoms with E-state index in [-0.39, 0.29) is 12.4 Å². The highest BCUT2D eigenvalue weighted by molar-refractivity contribution is 9.10. The second-order valence-corrected chi connectivity index (χ2v) is 7.01. The second-order valence-electron chi connectivity index (χ2n) is 5.75. The number of rotatable bonds is 7. The van der Waals surface area contributed by atoms with Gasteiger partial charge in [0.1, 0.15) is 17.9 Å². The summed E-state index contributed by atoms with van der Waals surface area (Å²) in [5, 5.41) is 5.08. The SMILES string of the molecule is C#CCOc1c(Cl)cc(/C=N/NC(=O)c2cc3cc(OCC)ccc3o2)cc1Br. The van der Waals surface area contributed by atoms with Crippen molar-refractivity contribution in [3.05, 3.63) is 57.2 Å². The summed E-state index contributed by atoms with van der Waals surface area (Å²) in [5.74, 6) is 3.19. The van der Waals surface area contributed by atoms with Gasteiger partial charge in [0.2, 0.25) is 0 Å². The number of hydrogen-bond donors (Lipinski definition) is 1. The van der Waals surface area contributed by atoms with Crippen molar-refractivity contribution in [2.75, 3.05) is 13.2 Å². The van der Waals surface area contributed by atoms with E-state index in [1.54, 1.807) is 30.3 Å². The fourth-order valence-electron chi connectivity index (χ4n) is 2.52. The van der Waals surface area contributed by atoms with Gasteiger partial charge in [-0.2, -0.15) is 5.10 Å². The molecule has 0 bridgehead atoms. The van der Waals surface area contributed by atoms with Crippen molar-refractivity contribution in [1.82, 2.24) is 5.43 Å². The zero-order valence-electron chi connectivity index (χ0n) is 15.4. The summed E-state index contributed by atoms with van der Waals surface area (Å²) in [6.07, 6.45) is 6.64. The fraction of sp³-hybridized carbons (Fsp3) is 0.143. The molecule has 29 heavy (non-hydrogen) atoms. The summed E-state index contributed by atoms with van der Waals surface area (Å²) >= 11 is 9.56. The number of benzene rings is 2. The molecule has 0 radical (unpaired) electrons. The number of fused-ring (bicyclic) bond motifs is 1. The van der Waals surface area contributed by atoms with Crippen molar-refractivity contribution in [3.8, 4) is 23.8 Å². The van der Waals surface area contributed by atoms with E-state index in [0.29, 0.717) is 38.7 Å². The third kappa shape index (κ3) is 5.11. The van der Waals surface area contributed by atoms with E-state index in [4.69, 9.17) is 31.9 Å². The van der Waals surface area contributed by atoms with Gasteiger partial charge >= 0.3 is 5.91 Å². The number of ether oxygens (including phenoxy) is 2. The number of terminal acetylenes is 1. The molecule has 0 saturated heterocycles. The first-order valence-electron chi connectivity index (χ1n) is 8.57. The predicted octanol–water partition coefficient (Wildman–Crippen LogP) is 5.02. The number of amides is 1. The Morgan fingerprint density at radius 3 is 2.90 bits per heavy atom. The zero-order valence-corrected chi connectivity index (χ0v) is 17.7. The van der Waals surface area contributed by atoms with Crippen LogP contribution in [0, 0.1) is 12.3 Å². The largest absolute Gasteiger partial charge is 0.494 e. The Morgan fingerprint density at radius 1 is 1.34 bits per heavy atom. The van der Waals surface area contributed by atoms with Crippen molar-refractivity contribution < 1.29 is 18.7 Å². The molecule has 2 aromatic carbocycles. The number of nitrogens with one attached hydrogen (secondary N) is 1. The van der Waals surface area contributed by atoms with Crippen molar-refractivity contribution in [2.24, 2.45) is 5.10 Å². The molecule has 1 amide bonds. The fourth-order valence-corrected chi connectivity index (χ4v) is 3.50. The first-order valence-corrected chi connectivity index (χ1v) is 9.74. The Hall–Kier alpha value is -2.95. The van der Waals surface area contributed by atoms with E-state index < -0.39 is 5.91 Å². The topological polar surface area (TPSA) is 73.1 Å². The predicted molar refractivity (Wildman–Crippen MR) is 116 cm³/mol. The highest BCUT2D eigenvalue weighted by atomic mass is 79.9. The van der Waals surface area contributed by atoms with Crippen LogP contribution in [0.5, 0.6) is 11.5 Å². The molecule has 3 aromatic rings.